The number of nitrogens with one attached hydrogen (secondary N) is 1. The van der Waals surface area contributed by atoms with Gasteiger partial charge in [-0.3, -0.25) is 9.69 Å². The Kier molecular flexibility index (Phi) is 4.90. The lowest BCUT2D eigenvalue weighted by Gasteiger charge is -2.24. The number of rotatable bonds is 4. The van der Waals surface area contributed by atoms with Crippen LogP contribution >= 0.6 is 0 Å². The zero-order valence-electron chi connectivity index (χ0n) is 8.72. The van der Waals surface area contributed by atoms with Gasteiger partial charge in [0.1, 0.15) is 0 Å². The first-order valence-electron chi connectivity index (χ1n) is 4.40. The molecule has 0 aromatic carbocycles. The van der Waals surface area contributed by atoms with E-state index in [4.69, 9.17) is 0 Å². The number of hydrogen-bond acceptors (Lipinski definition) is 2. The Labute approximate surface area is 75.1 Å². The maximum Gasteiger partial charge on any atom is 0.236 e. The van der Waals surface area contributed by atoms with Crippen LogP contribution in [0.15, 0.2) is 0 Å². The first-order valence-corrected chi connectivity index (χ1v) is 4.40. The molecule has 1 N–H and O–H groups in total. The highest BCUT2D eigenvalue weighted by atomic mass is 16.2. The van der Waals surface area contributed by atoms with Crippen LogP contribution in [-0.2, 0) is 4.79 Å². The van der Waals surface area contributed by atoms with Crippen molar-refractivity contribution < 1.29 is 4.79 Å². The lowest BCUT2D eigenvalue weighted by Crippen LogP contribution is -2.43. The van der Waals surface area contributed by atoms with Crippen LogP contribution in [0.1, 0.15) is 20.8 Å². The fourth-order valence-corrected chi connectivity index (χ4v) is 1.14. The molecule has 1 atom stereocenters. The maximum atomic E-state index is 11.2. The Morgan fingerprint density at radius 2 is 1.92 bits per heavy atom. The lowest BCUT2D eigenvalue weighted by atomic mass is 10.2. The van der Waals surface area contributed by atoms with Gasteiger partial charge in [0.25, 0.3) is 0 Å². The number of nitrogens with zero attached hydrogens (tertiary/aromatic N) is 1. The van der Waals surface area contributed by atoms with Gasteiger partial charge in [-0.05, 0) is 19.9 Å². The van der Waals surface area contributed by atoms with Gasteiger partial charge in [-0.2, -0.15) is 0 Å². The van der Waals surface area contributed by atoms with Crippen molar-refractivity contribution in [3.8, 4) is 0 Å². The van der Waals surface area contributed by atoms with Gasteiger partial charge >= 0.3 is 0 Å². The second-order valence-electron chi connectivity index (χ2n) is 3.62. The van der Waals surface area contributed by atoms with Crippen LogP contribution in [0.2, 0.25) is 0 Å². The Balaban J connectivity index is 3.91. The minimum absolute atomic E-state index is 0.0302. The third-order valence-corrected chi connectivity index (χ3v) is 1.94. The van der Waals surface area contributed by atoms with E-state index in [1.54, 1.807) is 7.05 Å². The van der Waals surface area contributed by atoms with E-state index < -0.39 is 0 Å². The molecule has 0 aromatic rings. The molecular formula is C9H20N2O. The van der Waals surface area contributed by atoms with E-state index in [0.29, 0.717) is 5.92 Å². The van der Waals surface area contributed by atoms with Crippen LogP contribution in [0.3, 0.4) is 0 Å². The highest BCUT2D eigenvalue weighted by Crippen LogP contribution is 2.00. The van der Waals surface area contributed by atoms with Gasteiger partial charge in [-0.15, -0.1) is 0 Å². The van der Waals surface area contributed by atoms with Crippen LogP contribution in [0.5, 0.6) is 0 Å². The normalized spacial score (nSPS) is 13.6. The Bertz CT molecular complexity index is 145. The van der Waals surface area contributed by atoms with Crippen molar-refractivity contribution in [2.75, 3.05) is 20.6 Å². The monoisotopic (exact) mass is 172 g/mol. The average Bonchev–Trinajstić information content (AvgIpc) is 2.00. The summed E-state index contributed by atoms with van der Waals surface area (Å²) < 4.78 is 0. The number of hydrogen-bond donors (Lipinski definition) is 1. The molecule has 12 heavy (non-hydrogen) atoms. The molecule has 0 bridgehead atoms. The molecule has 3 heteroatoms. The largest absolute Gasteiger partial charge is 0.358 e. The quantitative estimate of drug-likeness (QED) is 0.677. The minimum Gasteiger partial charge on any atom is -0.358 e. The average molecular weight is 172 g/mol. The molecule has 0 fully saturated rings. The standard InChI is InChI=1S/C9H20N2O/c1-7(2)6-11(5)8(3)9(12)10-4/h7-8H,6H2,1-5H3,(H,10,12). The number of carbonyl (C=O) groups is 1. The van der Waals surface area contributed by atoms with Gasteiger partial charge in [0, 0.05) is 13.6 Å². The lowest BCUT2D eigenvalue weighted by molar-refractivity contribution is -0.125. The summed E-state index contributed by atoms with van der Waals surface area (Å²) in [4.78, 5) is 13.2. The predicted molar refractivity (Wildman–Crippen MR) is 51.0 cm³/mol. The first-order chi connectivity index (χ1) is 5.49. The van der Waals surface area contributed by atoms with Crippen molar-refractivity contribution in [3.63, 3.8) is 0 Å². The predicted octanol–water partition coefficient (Wildman–Crippen LogP) is 0.709. The molecular weight excluding hydrogens is 152 g/mol. The van der Waals surface area contributed by atoms with Crippen molar-refractivity contribution in [2.45, 2.75) is 26.8 Å². The highest BCUT2D eigenvalue weighted by molar-refractivity contribution is 5.80. The second-order valence-corrected chi connectivity index (χ2v) is 3.62. The van der Waals surface area contributed by atoms with Crippen molar-refractivity contribution >= 4 is 5.91 Å². The molecule has 0 spiro atoms. The summed E-state index contributed by atoms with van der Waals surface area (Å²) >= 11 is 0. The van der Waals surface area contributed by atoms with Gasteiger partial charge in [-0.25, -0.2) is 0 Å². The summed E-state index contributed by atoms with van der Waals surface area (Å²) in [5.41, 5.74) is 0. The van der Waals surface area contributed by atoms with Gasteiger partial charge in [0.2, 0.25) is 5.91 Å². The molecule has 0 aliphatic carbocycles. The summed E-state index contributed by atoms with van der Waals surface area (Å²) in [7, 11) is 3.64. The van der Waals surface area contributed by atoms with E-state index in [1.165, 1.54) is 0 Å². The van der Waals surface area contributed by atoms with E-state index in [-0.39, 0.29) is 11.9 Å². The number of likely N-dealkylation sites (N-methyl/N-ethyl adjacent to an activating group) is 2. The second kappa shape index (κ2) is 5.14. The molecule has 0 aromatic heterocycles. The molecule has 0 rings (SSSR count). The van der Waals surface area contributed by atoms with Crippen molar-refractivity contribution in [2.24, 2.45) is 5.92 Å². The molecule has 3 nitrogen and oxygen atoms in total. The van der Waals surface area contributed by atoms with E-state index in [9.17, 15) is 4.79 Å². The zero-order valence-corrected chi connectivity index (χ0v) is 8.72. The highest BCUT2D eigenvalue weighted by Gasteiger charge is 2.16. The van der Waals surface area contributed by atoms with Crippen LogP contribution in [0.25, 0.3) is 0 Å². The molecule has 1 unspecified atom stereocenters. The van der Waals surface area contributed by atoms with E-state index in [2.05, 4.69) is 24.1 Å². The topological polar surface area (TPSA) is 32.3 Å². The summed E-state index contributed by atoms with van der Waals surface area (Å²) in [5.74, 6) is 0.681. The van der Waals surface area contributed by atoms with Crippen LogP contribution < -0.4 is 5.32 Å². The SMILES string of the molecule is CNC(=O)C(C)N(C)CC(C)C. The van der Waals surface area contributed by atoms with E-state index >= 15 is 0 Å². The summed E-state index contributed by atoms with van der Waals surface area (Å²) in [6, 6.07) is -0.0302. The maximum absolute atomic E-state index is 11.2. The summed E-state index contributed by atoms with van der Waals surface area (Å²) in [6.07, 6.45) is 0. The zero-order chi connectivity index (χ0) is 9.72. The van der Waals surface area contributed by atoms with Crippen molar-refractivity contribution in [1.29, 1.82) is 0 Å². The number of carbonyl (C=O) groups excluding carboxylic acids is 1. The Morgan fingerprint density at radius 3 is 2.25 bits per heavy atom. The Hall–Kier alpha value is -0.570. The van der Waals surface area contributed by atoms with Crippen LogP contribution in [0, 0.1) is 5.92 Å². The molecule has 0 saturated heterocycles. The van der Waals surface area contributed by atoms with Gasteiger partial charge in [0.15, 0.2) is 0 Å². The first kappa shape index (κ1) is 11.4. The van der Waals surface area contributed by atoms with Gasteiger partial charge in [0.05, 0.1) is 6.04 Å². The summed E-state index contributed by atoms with van der Waals surface area (Å²) in [6.45, 7) is 7.16. The summed E-state index contributed by atoms with van der Waals surface area (Å²) in [5, 5.41) is 2.64. The molecule has 0 heterocycles. The Morgan fingerprint density at radius 1 is 1.42 bits per heavy atom. The van der Waals surface area contributed by atoms with E-state index in [1.807, 2.05) is 14.0 Å². The molecule has 0 aliphatic rings. The fourth-order valence-electron chi connectivity index (χ4n) is 1.14. The molecule has 0 aliphatic heterocycles. The fraction of sp³-hybridized carbons (Fsp3) is 0.889. The number of amides is 1. The molecule has 0 radical (unpaired) electrons. The van der Waals surface area contributed by atoms with Gasteiger partial charge < -0.3 is 5.32 Å². The minimum atomic E-state index is -0.0302. The molecule has 1 amide bonds. The van der Waals surface area contributed by atoms with Crippen molar-refractivity contribution in [3.05, 3.63) is 0 Å². The van der Waals surface area contributed by atoms with Crippen LogP contribution in [-0.4, -0.2) is 37.5 Å². The molecule has 0 saturated carbocycles. The van der Waals surface area contributed by atoms with Crippen LogP contribution in [0.4, 0.5) is 0 Å². The molecule has 72 valence electrons. The third-order valence-electron chi connectivity index (χ3n) is 1.94. The third kappa shape index (κ3) is 3.72. The van der Waals surface area contributed by atoms with Gasteiger partial charge in [-0.1, -0.05) is 13.8 Å². The smallest absolute Gasteiger partial charge is 0.236 e. The van der Waals surface area contributed by atoms with Crippen molar-refractivity contribution in [1.82, 2.24) is 10.2 Å². The van der Waals surface area contributed by atoms with E-state index in [0.717, 1.165) is 6.54 Å².